The van der Waals surface area contributed by atoms with Gasteiger partial charge in [-0.1, -0.05) is 42.5 Å². The fraction of sp³-hybridized carbons (Fsp3) is 0.257. The number of nitrogens with zero attached hydrogens (tertiary/aromatic N) is 7. The van der Waals surface area contributed by atoms with Gasteiger partial charge in [0.05, 0.1) is 44.9 Å². The van der Waals surface area contributed by atoms with Crippen molar-refractivity contribution in [2.75, 3.05) is 79.3 Å². The van der Waals surface area contributed by atoms with Crippen LogP contribution in [-0.2, 0) is 19.1 Å². The lowest BCUT2D eigenvalue weighted by atomic mass is 10.0. The van der Waals surface area contributed by atoms with E-state index in [4.69, 9.17) is 36.1 Å². The highest BCUT2D eigenvalue weighted by Crippen LogP contribution is 2.35. The largest absolute Gasteiger partial charge is 0.493 e. The molecule has 0 unspecified atom stereocenters. The minimum atomic E-state index is -0.538. The molecule has 3 fully saturated rings. The van der Waals surface area contributed by atoms with Crippen molar-refractivity contribution in [3.8, 4) is 17.5 Å². The molecular formula is C35H33N7O6S. The van der Waals surface area contributed by atoms with E-state index in [-0.39, 0.29) is 16.7 Å². The summed E-state index contributed by atoms with van der Waals surface area (Å²) < 4.78 is 23.0. The number of morpholine rings is 2. The zero-order valence-corrected chi connectivity index (χ0v) is 27.5. The van der Waals surface area contributed by atoms with Crippen LogP contribution in [0.5, 0.6) is 17.5 Å². The molecule has 0 spiro atoms. The van der Waals surface area contributed by atoms with Crippen molar-refractivity contribution in [2.24, 2.45) is 0 Å². The van der Waals surface area contributed by atoms with Gasteiger partial charge in [0, 0.05) is 26.2 Å². The van der Waals surface area contributed by atoms with Gasteiger partial charge in [0.15, 0.2) is 16.6 Å². The van der Waals surface area contributed by atoms with E-state index < -0.39 is 11.8 Å². The van der Waals surface area contributed by atoms with Crippen LogP contribution >= 0.6 is 12.2 Å². The third-order valence-electron chi connectivity index (χ3n) is 8.16. The van der Waals surface area contributed by atoms with Gasteiger partial charge < -0.3 is 28.7 Å². The fourth-order valence-electron chi connectivity index (χ4n) is 5.65. The predicted octanol–water partition coefficient (Wildman–Crippen LogP) is 4.09. The van der Waals surface area contributed by atoms with Crippen LogP contribution in [0.15, 0.2) is 84.4 Å². The second kappa shape index (κ2) is 14.4. The number of carbonyl (C=O) groups excluding carboxylic acids is 2. The van der Waals surface area contributed by atoms with Gasteiger partial charge in [-0.15, -0.1) is 0 Å². The van der Waals surface area contributed by atoms with Crippen LogP contribution in [0.25, 0.3) is 6.08 Å². The van der Waals surface area contributed by atoms with Gasteiger partial charge in [0.2, 0.25) is 11.9 Å². The van der Waals surface area contributed by atoms with Crippen LogP contribution in [-0.4, -0.2) is 91.6 Å². The SMILES string of the molecule is COc1cc(C=C2C(=O)N(c3ccccc3)C(=S)N(c3ccccc3)C2=O)ccc1Oc1nc(N2CCOCC2)nc(N2CCOCC2)n1. The Bertz CT molecular complexity index is 1780. The Hall–Kier alpha value is -5.44. The molecule has 14 heteroatoms. The summed E-state index contributed by atoms with van der Waals surface area (Å²) in [6, 6.07) is 23.2. The van der Waals surface area contributed by atoms with Crippen LogP contribution in [0.4, 0.5) is 23.3 Å². The molecule has 3 aliphatic heterocycles. The number of carbonyl (C=O) groups is 2. The van der Waals surface area contributed by atoms with Crippen molar-refractivity contribution in [2.45, 2.75) is 0 Å². The van der Waals surface area contributed by atoms with E-state index in [9.17, 15) is 9.59 Å². The minimum Gasteiger partial charge on any atom is -0.493 e. The summed E-state index contributed by atoms with van der Waals surface area (Å²) in [5.41, 5.74) is 1.56. The minimum absolute atomic E-state index is 0.0659. The molecule has 4 heterocycles. The molecule has 7 rings (SSSR count). The zero-order valence-electron chi connectivity index (χ0n) is 26.7. The van der Waals surface area contributed by atoms with Crippen molar-refractivity contribution in [1.82, 2.24) is 15.0 Å². The van der Waals surface area contributed by atoms with Crippen LogP contribution in [0.2, 0.25) is 0 Å². The second-order valence-electron chi connectivity index (χ2n) is 11.2. The van der Waals surface area contributed by atoms with E-state index in [2.05, 4.69) is 9.97 Å². The number of methoxy groups -OCH3 is 1. The molecule has 0 aliphatic carbocycles. The lowest BCUT2D eigenvalue weighted by molar-refractivity contribution is -0.120. The quantitative estimate of drug-likeness (QED) is 0.151. The van der Waals surface area contributed by atoms with Crippen molar-refractivity contribution >= 4 is 58.5 Å². The van der Waals surface area contributed by atoms with Crippen LogP contribution in [0.3, 0.4) is 0 Å². The predicted molar refractivity (Wildman–Crippen MR) is 187 cm³/mol. The highest BCUT2D eigenvalue weighted by atomic mass is 32.1. The second-order valence-corrected chi connectivity index (χ2v) is 11.6. The van der Waals surface area contributed by atoms with Gasteiger partial charge in [-0.2, -0.15) is 15.0 Å². The Labute approximate surface area is 288 Å². The molecule has 3 saturated heterocycles. The van der Waals surface area contributed by atoms with E-state index in [1.54, 1.807) is 42.5 Å². The number of amides is 2. The van der Waals surface area contributed by atoms with Gasteiger partial charge in [0.25, 0.3) is 11.8 Å². The lowest BCUT2D eigenvalue weighted by Gasteiger charge is -2.36. The van der Waals surface area contributed by atoms with E-state index in [0.29, 0.717) is 92.9 Å². The molecule has 0 atom stereocenters. The fourth-order valence-corrected chi connectivity index (χ4v) is 6.03. The third-order valence-corrected chi connectivity index (χ3v) is 8.52. The van der Waals surface area contributed by atoms with Crippen LogP contribution < -0.4 is 29.1 Å². The topological polar surface area (TPSA) is 123 Å². The van der Waals surface area contributed by atoms with Crippen molar-refractivity contribution < 1.29 is 28.5 Å². The van der Waals surface area contributed by atoms with Gasteiger partial charge in [-0.05, 0) is 60.3 Å². The summed E-state index contributed by atoms with van der Waals surface area (Å²) in [5.74, 6) is 0.604. The smallest absolute Gasteiger partial charge is 0.328 e. The Morgan fingerprint density at radius 2 is 1.20 bits per heavy atom. The molecule has 250 valence electrons. The molecule has 0 radical (unpaired) electrons. The summed E-state index contributed by atoms with van der Waals surface area (Å²) in [4.78, 5) is 48.7. The number of aromatic nitrogens is 3. The summed E-state index contributed by atoms with van der Waals surface area (Å²) >= 11 is 5.72. The third kappa shape index (κ3) is 6.79. The van der Waals surface area contributed by atoms with Crippen LogP contribution in [0.1, 0.15) is 5.56 Å². The van der Waals surface area contributed by atoms with Gasteiger partial charge in [0.1, 0.15) is 5.57 Å². The Kier molecular flexibility index (Phi) is 9.41. The molecule has 3 aromatic carbocycles. The summed E-state index contributed by atoms with van der Waals surface area (Å²) in [7, 11) is 1.51. The Morgan fingerprint density at radius 1 is 0.694 bits per heavy atom. The number of anilines is 4. The van der Waals surface area contributed by atoms with E-state index in [1.165, 1.54) is 23.0 Å². The lowest BCUT2D eigenvalue weighted by Crippen LogP contribution is -2.56. The normalized spacial score (nSPS) is 17.0. The first-order valence-corrected chi connectivity index (χ1v) is 16.2. The molecule has 3 aliphatic rings. The number of thiocarbonyl (C=S) groups is 1. The maximum absolute atomic E-state index is 13.9. The number of benzene rings is 3. The molecule has 49 heavy (non-hydrogen) atoms. The Morgan fingerprint density at radius 3 is 1.69 bits per heavy atom. The van der Waals surface area contributed by atoms with Crippen molar-refractivity contribution in [3.63, 3.8) is 0 Å². The first-order chi connectivity index (χ1) is 24.0. The molecule has 1 aromatic heterocycles. The molecular weight excluding hydrogens is 646 g/mol. The molecule has 0 bridgehead atoms. The van der Waals surface area contributed by atoms with E-state index in [1.807, 2.05) is 46.2 Å². The number of para-hydroxylation sites is 2. The van der Waals surface area contributed by atoms with Gasteiger partial charge >= 0.3 is 6.01 Å². The number of rotatable bonds is 8. The first-order valence-electron chi connectivity index (χ1n) is 15.8. The van der Waals surface area contributed by atoms with E-state index in [0.717, 1.165) is 0 Å². The van der Waals surface area contributed by atoms with Gasteiger partial charge in [-0.25, -0.2) is 0 Å². The number of ether oxygens (including phenoxy) is 4. The standard InChI is InChI=1S/C35H33N7O6S/c1-45-29-23-24(22-27-30(43)41(25-8-4-2-5-9-25)35(49)42(31(27)44)26-10-6-3-7-11-26)12-13-28(29)48-34-37-32(39-14-18-46-19-15-39)36-33(38-34)40-16-20-47-21-17-40/h2-13,22-23H,14-21H2,1H3. The molecule has 0 N–H and O–H groups in total. The highest BCUT2D eigenvalue weighted by molar-refractivity contribution is 7.81. The maximum atomic E-state index is 13.9. The van der Waals surface area contributed by atoms with Crippen molar-refractivity contribution in [1.29, 1.82) is 0 Å². The highest BCUT2D eigenvalue weighted by Gasteiger charge is 2.41. The zero-order chi connectivity index (χ0) is 33.7. The molecule has 0 saturated carbocycles. The van der Waals surface area contributed by atoms with Crippen LogP contribution in [0, 0.1) is 0 Å². The average Bonchev–Trinajstić information content (AvgIpc) is 3.15. The maximum Gasteiger partial charge on any atom is 0.328 e. The molecule has 13 nitrogen and oxygen atoms in total. The number of hydrogen-bond donors (Lipinski definition) is 0. The average molecular weight is 680 g/mol. The molecule has 4 aromatic rings. The summed E-state index contributed by atoms with van der Waals surface area (Å²) in [6.07, 6.45) is 1.53. The number of hydrogen-bond acceptors (Lipinski definition) is 12. The molecule has 2 amide bonds. The summed E-state index contributed by atoms with van der Waals surface area (Å²) in [5, 5.41) is 0.0659. The Balaban J connectivity index is 1.22. The van der Waals surface area contributed by atoms with Gasteiger partial charge in [-0.3, -0.25) is 19.4 Å². The van der Waals surface area contributed by atoms with E-state index >= 15 is 0 Å². The summed E-state index contributed by atoms with van der Waals surface area (Å²) in [6.45, 7) is 4.86. The first kappa shape index (κ1) is 32.1. The van der Waals surface area contributed by atoms with Crippen molar-refractivity contribution in [3.05, 3.63) is 90.0 Å². The monoisotopic (exact) mass is 679 g/mol.